The zero-order valence-corrected chi connectivity index (χ0v) is 10.0. The fourth-order valence-corrected chi connectivity index (χ4v) is 1.32. The minimum absolute atomic E-state index is 0.427. The molecule has 0 aliphatic heterocycles. The van der Waals surface area contributed by atoms with Crippen LogP contribution in [0.5, 0.6) is 0 Å². The molecule has 6 heteroatoms. The highest BCUT2D eigenvalue weighted by Gasteiger charge is 2.00. The zero-order chi connectivity index (χ0) is 12.0. The topological polar surface area (TPSA) is 77.5 Å². The van der Waals surface area contributed by atoms with Crippen LogP contribution in [0, 0.1) is 6.92 Å². The van der Waals surface area contributed by atoms with E-state index in [1.165, 1.54) is 0 Å². The van der Waals surface area contributed by atoms with Gasteiger partial charge >= 0.3 is 0 Å². The van der Waals surface area contributed by atoms with Gasteiger partial charge in [0.15, 0.2) is 5.96 Å². The van der Waals surface area contributed by atoms with E-state index in [1.807, 2.05) is 20.0 Å². The highest BCUT2D eigenvalue weighted by atomic mass is 16.5. The average molecular weight is 225 g/mol. The van der Waals surface area contributed by atoms with Crippen molar-refractivity contribution >= 4 is 5.96 Å². The maximum absolute atomic E-state index is 5.67. The molecule has 0 saturated carbocycles. The van der Waals surface area contributed by atoms with Crippen molar-refractivity contribution < 1.29 is 4.74 Å². The molecule has 0 bridgehead atoms. The van der Waals surface area contributed by atoms with Crippen LogP contribution in [0.15, 0.2) is 11.1 Å². The van der Waals surface area contributed by atoms with Crippen LogP contribution in [0.4, 0.5) is 0 Å². The Morgan fingerprint density at radius 3 is 3.00 bits per heavy atom. The molecule has 0 aliphatic rings. The first kappa shape index (κ1) is 12.5. The van der Waals surface area contributed by atoms with Crippen LogP contribution in [0.2, 0.25) is 0 Å². The molecule has 1 aromatic rings. The second kappa shape index (κ2) is 6.12. The van der Waals surface area contributed by atoms with Gasteiger partial charge in [-0.3, -0.25) is 4.68 Å². The summed E-state index contributed by atoms with van der Waals surface area (Å²) >= 11 is 0. The SMILES string of the molecule is COCCNC(N)=NCc1cc(C)nn1C. The van der Waals surface area contributed by atoms with E-state index < -0.39 is 0 Å². The molecule has 0 spiro atoms. The summed E-state index contributed by atoms with van der Waals surface area (Å²) in [5.74, 6) is 0.427. The van der Waals surface area contributed by atoms with Gasteiger partial charge in [-0.25, -0.2) is 4.99 Å². The molecule has 3 N–H and O–H groups in total. The normalized spacial score (nSPS) is 11.8. The third-order valence-electron chi connectivity index (χ3n) is 2.12. The number of methoxy groups -OCH3 is 1. The Morgan fingerprint density at radius 2 is 2.44 bits per heavy atom. The molecule has 0 atom stereocenters. The molecule has 0 saturated heterocycles. The van der Waals surface area contributed by atoms with Gasteiger partial charge in [0.1, 0.15) is 0 Å². The van der Waals surface area contributed by atoms with E-state index in [1.54, 1.807) is 11.8 Å². The van der Waals surface area contributed by atoms with E-state index in [9.17, 15) is 0 Å². The number of rotatable bonds is 5. The molecular weight excluding hydrogens is 206 g/mol. The lowest BCUT2D eigenvalue weighted by atomic mass is 10.4. The maximum Gasteiger partial charge on any atom is 0.189 e. The summed E-state index contributed by atoms with van der Waals surface area (Å²) in [7, 11) is 3.54. The summed E-state index contributed by atoms with van der Waals surface area (Å²) in [5, 5.41) is 7.18. The van der Waals surface area contributed by atoms with Gasteiger partial charge in [0.05, 0.1) is 24.5 Å². The molecule has 16 heavy (non-hydrogen) atoms. The monoisotopic (exact) mass is 225 g/mol. The van der Waals surface area contributed by atoms with E-state index in [-0.39, 0.29) is 0 Å². The summed E-state index contributed by atoms with van der Waals surface area (Å²) in [4.78, 5) is 4.21. The van der Waals surface area contributed by atoms with Crippen LogP contribution in [-0.2, 0) is 18.3 Å². The molecule has 90 valence electrons. The van der Waals surface area contributed by atoms with Gasteiger partial charge in [0.25, 0.3) is 0 Å². The summed E-state index contributed by atoms with van der Waals surface area (Å²) < 4.78 is 6.70. The lowest BCUT2D eigenvalue weighted by Gasteiger charge is -2.04. The molecule has 0 unspecified atom stereocenters. The van der Waals surface area contributed by atoms with Crippen molar-refractivity contribution in [1.29, 1.82) is 0 Å². The van der Waals surface area contributed by atoms with Gasteiger partial charge in [0, 0.05) is 20.7 Å². The predicted octanol–water partition coefficient (Wildman–Crippen LogP) is -0.221. The maximum atomic E-state index is 5.67. The Morgan fingerprint density at radius 1 is 1.69 bits per heavy atom. The van der Waals surface area contributed by atoms with Crippen molar-refractivity contribution in [1.82, 2.24) is 15.1 Å². The second-order valence-electron chi connectivity index (χ2n) is 3.52. The van der Waals surface area contributed by atoms with E-state index in [0.717, 1.165) is 11.4 Å². The first-order chi connectivity index (χ1) is 7.63. The molecule has 1 aromatic heterocycles. The quantitative estimate of drug-likeness (QED) is 0.412. The van der Waals surface area contributed by atoms with Crippen LogP contribution in [0.3, 0.4) is 0 Å². The van der Waals surface area contributed by atoms with Crippen molar-refractivity contribution in [3.8, 4) is 0 Å². The fourth-order valence-electron chi connectivity index (χ4n) is 1.32. The number of hydrogen-bond acceptors (Lipinski definition) is 3. The molecule has 6 nitrogen and oxygen atoms in total. The predicted molar refractivity (Wildman–Crippen MR) is 63.2 cm³/mol. The first-order valence-electron chi connectivity index (χ1n) is 5.15. The number of nitrogens with one attached hydrogen (secondary N) is 1. The largest absolute Gasteiger partial charge is 0.383 e. The standard InChI is InChI=1S/C10H19N5O/c1-8-6-9(15(2)14-8)7-13-10(11)12-4-5-16-3/h6H,4-5,7H2,1-3H3,(H3,11,12,13). The van der Waals surface area contributed by atoms with Crippen molar-refractivity contribution in [3.05, 3.63) is 17.5 Å². The minimum atomic E-state index is 0.427. The van der Waals surface area contributed by atoms with E-state index in [0.29, 0.717) is 25.7 Å². The Balaban J connectivity index is 2.43. The van der Waals surface area contributed by atoms with Crippen LogP contribution >= 0.6 is 0 Å². The van der Waals surface area contributed by atoms with E-state index in [4.69, 9.17) is 10.5 Å². The molecule has 0 aliphatic carbocycles. The van der Waals surface area contributed by atoms with Gasteiger partial charge in [-0.05, 0) is 13.0 Å². The van der Waals surface area contributed by atoms with E-state index in [2.05, 4.69) is 15.4 Å². The Hall–Kier alpha value is -1.56. The molecular formula is C10H19N5O. The summed E-state index contributed by atoms with van der Waals surface area (Å²) in [5.41, 5.74) is 7.69. The lowest BCUT2D eigenvalue weighted by molar-refractivity contribution is 0.204. The third kappa shape index (κ3) is 3.90. The van der Waals surface area contributed by atoms with Gasteiger partial charge < -0.3 is 15.8 Å². The Kier molecular flexibility index (Phi) is 4.78. The van der Waals surface area contributed by atoms with Gasteiger partial charge in [-0.2, -0.15) is 5.10 Å². The first-order valence-corrected chi connectivity index (χ1v) is 5.15. The summed E-state index contributed by atoms with van der Waals surface area (Å²) in [6.07, 6.45) is 0. The summed E-state index contributed by atoms with van der Waals surface area (Å²) in [6.45, 7) is 3.76. The van der Waals surface area contributed by atoms with Gasteiger partial charge in [0.2, 0.25) is 0 Å². The third-order valence-corrected chi connectivity index (χ3v) is 2.12. The highest BCUT2D eigenvalue weighted by Crippen LogP contribution is 2.02. The second-order valence-corrected chi connectivity index (χ2v) is 3.52. The van der Waals surface area contributed by atoms with Crippen molar-refractivity contribution in [2.75, 3.05) is 20.3 Å². The van der Waals surface area contributed by atoms with Crippen molar-refractivity contribution in [2.24, 2.45) is 17.8 Å². The zero-order valence-electron chi connectivity index (χ0n) is 10.0. The number of hydrogen-bond donors (Lipinski definition) is 2. The van der Waals surface area contributed by atoms with Crippen LogP contribution in [0.1, 0.15) is 11.4 Å². The number of ether oxygens (including phenoxy) is 1. The number of guanidine groups is 1. The Bertz CT molecular complexity index is 358. The molecule has 0 fully saturated rings. The van der Waals surface area contributed by atoms with Gasteiger partial charge in [-0.15, -0.1) is 0 Å². The number of nitrogens with zero attached hydrogens (tertiary/aromatic N) is 3. The smallest absolute Gasteiger partial charge is 0.189 e. The fraction of sp³-hybridized carbons (Fsp3) is 0.600. The average Bonchev–Trinajstić information content (AvgIpc) is 2.55. The van der Waals surface area contributed by atoms with Crippen LogP contribution in [-0.4, -0.2) is 36.0 Å². The number of nitrogens with two attached hydrogens (primary N) is 1. The van der Waals surface area contributed by atoms with Crippen molar-refractivity contribution in [3.63, 3.8) is 0 Å². The van der Waals surface area contributed by atoms with E-state index >= 15 is 0 Å². The summed E-state index contributed by atoms with van der Waals surface area (Å²) in [6, 6.07) is 1.99. The highest BCUT2D eigenvalue weighted by molar-refractivity contribution is 5.77. The molecule has 0 aromatic carbocycles. The van der Waals surface area contributed by atoms with Gasteiger partial charge in [-0.1, -0.05) is 0 Å². The van der Waals surface area contributed by atoms with Crippen molar-refractivity contribution in [2.45, 2.75) is 13.5 Å². The minimum Gasteiger partial charge on any atom is -0.383 e. The lowest BCUT2D eigenvalue weighted by Crippen LogP contribution is -2.34. The number of aliphatic imine (C=N–C) groups is 1. The molecule has 0 amide bonds. The number of aromatic nitrogens is 2. The Labute approximate surface area is 95.5 Å². The van der Waals surface area contributed by atoms with Crippen LogP contribution in [0.25, 0.3) is 0 Å². The molecule has 1 rings (SSSR count). The number of aryl methyl sites for hydroxylation is 2. The molecule has 0 radical (unpaired) electrons. The van der Waals surface area contributed by atoms with Crippen LogP contribution < -0.4 is 11.1 Å². The molecule has 1 heterocycles.